The van der Waals surface area contributed by atoms with Crippen LogP contribution >= 0.6 is 0 Å². The van der Waals surface area contributed by atoms with Gasteiger partial charge in [0.05, 0.1) is 10.5 Å². The van der Waals surface area contributed by atoms with E-state index >= 15 is 0 Å². The van der Waals surface area contributed by atoms with Gasteiger partial charge in [-0.25, -0.2) is 0 Å². The van der Waals surface area contributed by atoms with Crippen LogP contribution in [0, 0.1) is 10.1 Å². The first kappa shape index (κ1) is 16.9. The van der Waals surface area contributed by atoms with E-state index < -0.39 is 40.3 Å². The highest BCUT2D eigenvalue weighted by Crippen LogP contribution is 2.34. The molecule has 0 spiro atoms. The fraction of sp³-hybridized carbons (Fsp3) is 0.417. The lowest BCUT2D eigenvalue weighted by molar-refractivity contribution is -0.385. The molecule has 0 bridgehead atoms. The van der Waals surface area contributed by atoms with Crippen LogP contribution in [0.4, 0.5) is 18.9 Å². The largest absolute Gasteiger partial charge is 0.480 e. The molecule has 1 aromatic rings. The first-order valence-corrected chi connectivity index (χ1v) is 5.88. The summed E-state index contributed by atoms with van der Waals surface area (Å²) in [4.78, 5) is 21.0. The molecular weight excluding hydrogens is 293 g/mol. The third kappa shape index (κ3) is 3.69. The summed E-state index contributed by atoms with van der Waals surface area (Å²) in [5.74, 6) is -1.38. The van der Waals surface area contributed by atoms with Crippen LogP contribution < -0.4 is 5.73 Å². The van der Waals surface area contributed by atoms with Crippen molar-refractivity contribution in [3.8, 4) is 0 Å². The number of carboxylic acid groups (broad SMARTS) is 1. The Morgan fingerprint density at radius 3 is 2.38 bits per heavy atom. The van der Waals surface area contributed by atoms with Crippen LogP contribution in [0.15, 0.2) is 18.2 Å². The summed E-state index contributed by atoms with van der Waals surface area (Å²) in [6, 6.07) is 1.94. The minimum Gasteiger partial charge on any atom is -0.480 e. The van der Waals surface area contributed by atoms with Gasteiger partial charge in [-0.2, -0.15) is 13.2 Å². The van der Waals surface area contributed by atoms with Crippen LogP contribution in [0.2, 0.25) is 0 Å². The zero-order valence-corrected chi connectivity index (χ0v) is 11.0. The van der Waals surface area contributed by atoms with Crippen molar-refractivity contribution in [2.45, 2.75) is 31.5 Å². The van der Waals surface area contributed by atoms with Crippen molar-refractivity contribution in [1.82, 2.24) is 0 Å². The number of benzene rings is 1. The normalized spacial score (nSPS) is 14.5. The SMILES string of the molecule is CCC(N)(Cc1ccc(C(F)(F)F)cc1[N+](=O)[O-])C(=O)O. The number of halogens is 3. The predicted molar refractivity (Wildman–Crippen MR) is 66.6 cm³/mol. The van der Waals surface area contributed by atoms with Gasteiger partial charge >= 0.3 is 12.1 Å². The Labute approximate surface area is 117 Å². The first-order valence-electron chi connectivity index (χ1n) is 5.88. The van der Waals surface area contributed by atoms with Crippen molar-refractivity contribution < 1.29 is 28.0 Å². The second-order valence-electron chi connectivity index (χ2n) is 4.59. The number of carboxylic acids is 1. The van der Waals surface area contributed by atoms with Crippen LogP contribution in [0.3, 0.4) is 0 Å². The van der Waals surface area contributed by atoms with Crippen molar-refractivity contribution in [1.29, 1.82) is 0 Å². The van der Waals surface area contributed by atoms with E-state index in [0.717, 1.165) is 6.07 Å². The number of rotatable bonds is 5. The van der Waals surface area contributed by atoms with Gasteiger partial charge in [0.1, 0.15) is 5.54 Å². The molecule has 0 amide bonds. The molecule has 0 fully saturated rings. The van der Waals surface area contributed by atoms with Crippen molar-refractivity contribution in [2.75, 3.05) is 0 Å². The molecule has 1 atom stereocenters. The molecule has 3 N–H and O–H groups in total. The van der Waals surface area contributed by atoms with E-state index in [1.807, 2.05) is 0 Å². The average Bonchev–Trinajstić information content (AvgIpc) is 2.37. The maximum absolute atomic E-state index is 12.6. The lowest BCUT2D eigenvalue weighted by Crippen LogP contribution is -2.49. The molecule has 0 heterocycles. The summed E-state index contributed by atoms with van der Waals surface area (Å²) < 4.78 is 37.7. The van der Waals surface area contributed by atoms with E-state index in [2.05, 4.69) is 0 Å². The van der Waals surface area contributed by atoms with Gasteiger partial charge in [0.2, 0.25) is 0 Å². The number of nitro groups is 1. The molecule has 1 unspecified atom stereocenters. The number of alkyl halides is 3. The van der Waals surface area contributed by atoms with Crippen molar-refractivity contribution in [2.24, 2.45) is 5.73 Å². The zero-order chi connectivity index (χ0) is 16.4. The minimum atomic E-state index is -4.72. The molecule has 0 saturated carbocycles. The number of hydrogen-bond acceptors (Lipinski definition) is 4. The number of carbonyl (C=O) groups is 1. The summed E-state index contributed by atoms with van der Waals surface area (Å²) in [6.07, 6.45) is -5.19. The molecule has 6 nitrogen and oxygen atoms in total. The number of nitrogens with two attached hydrogens (primary N) is 1. The van der Waals surface area contributed by atoms with Gasteiger partial charge in [-0.1, -0.05) is 13.0 Å². The fourth-order valence-corrected chi connectivity index (χ4v) is 1.75. The molecule has 1 aromatic carbocycles. The third-order valence-corrected chi connectivity index (χ3v) is 3.17. The molecule has 0 aliphatic carbocycles. The maximum atomic E-state index is 12.6. The fourth-order valence-electron chi connectivity index (χ4n) is 1.75. The summed E-state index contributed by atoms with van der Waals surface area (Å²) in [5, 5.41) is 19.9. The minimum absolute atomic E-state index is 0.0273. The van der Waals surface area contributed by atoms with Crippen molar-refractivity contribution >= 4 is 11.7 Å². The molecule has 0 saturated heterocycles. The maximum Gasteiger partial charge on any atom is 0.416 e. The van der Waals surface area contributed by atoms with Gasteiger partial charge in [0, 0.05) is 18.1 Å². The van der Waals surface area contributed by atoms with E-state index in [-0.39, 0.29) is 12.0 Å². The number of hydrogen-bond donors (Lipinski definition) is 2. The Balaban J connectivity index is 3.31. The van der Waals surface area contributed by atoms with Gasteiger partial charge in [0.25, 0.3) is 5.69 Å². The molecule has 0 aliphatic rings. The zero-order valence-electron chi connectivity index (χ0n) is 11.0. The Morgan fingerprint density at radius 2 is 2.00 bits per heavy atom. The molecule has 21 heavy (non-hydrogen) atoms. The predicted octanol–water partition coefficient (Wildman–Crippen LogP) is 2.35. The lowest BCUT2D eigenvalue weighted by Gasteiger charge is -2.23. The summed E-state index contributed by atoms with van der Waals surface area (Å²) in [6.45, 7) is 1.48. The standard InChI is InChI=1S/C12H13F3N2O4/c1-2-11(16,10(18)19)6-7-3-4-8(12(13,14)15)5-9(7)17(20)21/h3-5H,2,6,16H2,1H3,(H,18,19). The summed E-state index contributed by atoms with van der Waals surface area (Å²) in [5.41, 5.74) is 1.72. The number of nitrogens with zero attached hydrogens (tertiary/aromatic N) is 1. The van der Waals surface area contributed by atoms with E-state index in [9.17, 15) is 28.1 Å². The van der Waals surface area contributed by atoms with Gasteiger partial charge in [-0.15, -0.1) is 0 Å². The highest BCUT2D eigenvalue weighted by molar-refractivity contribution is 5.79. The Kier molecular flexibility index (Phi) is 4.57. The third-order valence-electron chi connectivity index (χ3n) is 3.17. The van der Waals surface area contributed by atoms with Gasteiger partial charge in [-0.05, 0) is 12.5 Å². The van der Waals surface area contributed by atoms with Gasteiger partial charge in [0.15, 0.2) is 0 Å². The summed E-state index contributed by atoms with van der Waals surface area (Å²) in [7, 11) is 0. The molecule has 0 aliphatic heterocycles. The van der Waals surface area contributed by atoms with Gasteiger partial charge < -0.3 is 10.8 Å². The van der Waals surface area contributed by atoms with Crippen LogP contribution in [-0.2, 0) is 17.4 Å². The Hall–Kier alpha value is -2.16. The molecule has 9 heteroatoms. The molecule has 0 aromatic heterocycles. The number of aliphatic carboxylic acids is 1. The van der Waals surface area contributed by atoms with E-state index in [0.29, 0.717) is 12.1 Å². The van der Waals surface area contributed by atoms with Crippen LogP contribution in [0.5, 0.6) is 0 Å². The quantitative estimate of drug-likeness (QED) is 0.641. The van der Waals surface area contributed by atoms with Crippen molar-refractivity contribution in [3.05, 3.63) is 39.4 Å². The highest BCUT2D eigenvalue weighted by atomic mass is 19.4. The van der Waals surface area contributed by atoms with E-state index in [4.69, 9.17) is 10.8 Å². The topological polar surface area (TPSA) is 106 Å². The summed E-state index contributed by atoms with van der Waals surface area (Å²) >= 11 is 0. The smallest absolute Gasteiger partial charge is 0.416 e. The first-order chi connectivity index (χ1) is 9.51. The second kappa shape index (κ2) is 5.68. The van der Waals surface area contributed by atoms with Gasteiger partial charge in [-0.3, -0.25) is 14.9 Å². The second-order valence-corrected chi connectivity index (χ2v) is 4.59. The molecule has 0 radical (unpaired) electrons. The average molecular weight is 306 g/mol. The Morgan fingerprint density at radius 1 is 1.43 bits per heavy atom. The lowest BCUT2D eigenvalue weighted by atomic mass is 9.88. The molecular formula is C12H13F3N2O4. The van der Waals surface area contributed by atoms with Crippen LogP contribution in [-0.4, -0.2) is 21.5 Å². The monoisotopic (exact) mass is 306 g/mol. The highest BCUT2D eigenvalue weighted by Gasteiger charge is 2.37. The Bertz CT molecular complexity index is 574. The number of nitro benzene ring substituents is 1. The van der Waals surface area contributed by atoms with Crippen LogP contribution in [0.1, 0.15) is 24.5 Å². The van der Waals surface area contributed by atoms with E-state index in [1.165, 1.54) is 6.92 Å². The van der Waals surface area contributed by atoms with Crippen molar-refractivity contribution in [3.63, 3.8) is 0 Å². The van der Waals surface area contributed by atoms with Crippen LogP contribution in [0.25, 0.3) is 0 Å². The van der Waals surface area contributed by atoms with E-state index in [1.54, 1.807) is 0 Å². The molecule has 1 rings (SSSR count). The molecule has 116 valence electrons.